The second-order valence-electron chi connectivity index (χ2n) is 3.95. The van der Waals surface area contributed by atoms with Crippen LogP contribution in [-0.4, -0.2) is 24.3 Å². The van der Waals surface area contributed by atoms with Crippen LogP contribution in [0, 0.1) is 0 Å². The van der Waals surface area contributed by atoms with Crippen LogP contribution in [0.15, 0.2) is 24.3 Å². The van der Waals surface area contributed by atoms with E-state index in [-0.39, 0.29) is 4.99 Å². The third kappa shape index (κ3) is 4.52. The van der Waals surface area contributed by atoms with E-state index in [0.717, 1.165) is 0 Å². The number of hydrogen-bond acceptors (Lipinski definition) is 2. The molecule has 0 radical (unpaired) electrons. The molecule has 1 rings (SSSR count). The molecular weight excluding hydrogens is 261 g/mol. The van der Waals surface area contributed by atoms with E-state index in [1.807, 2.05) is 6.92 Å². The van der Waals surface area contributed by atoms with E-state index in [1.54, 1.807) is 24.3 Å². The number of nitrogens with zero attached hydrogens (tertiary/aromatic N) is 1. The molecule has 0 aliphatic rings. The molecule has 2 N–H and O–H groups in total. The molecule has 0 saturated heterocycles. The first-order chi connectivity index (χ1) is 8.33. The number of halogens is 3. The lowest BCUT2D eigenvalue weighted by atomic mass is 10.2. The van der Waals surface area contributed by atoms with Gasteiger partial charge in [0, 0.05) is 17.8 Å². The summed E-state index contributed by atoms with van der Waals surface area (Å²) < 4.78 is 37.3. The van der Waals surface area contributed by atoms with Gasteiger partial charge in [-0.3, -0.25) is 0 Å². The highest BCUT2D eigenvalue weighted by molar-refractivity contribution is 7.80. The summed E-state index contributed by atoms with van der Waals surface area (Å²) in [5, 5.41) is 0. The van der Waals surface area contributed by atoms with Gasteiger partial charge in [0.1, 0.15) is 11.5 Å². The van der Waals surface area contributed by atoms with Gasteiger partial charge >= 0.3 is 6.18 Å². The Bertz CT molecular complexity index is 401. The average molecular weight is 276 g/mol. The predicted molar refractivity (Wildman–Crippen MR) is 70.9 cm³/mol. The second kappa shape index (κ2) is 6.04. The van der Waals surface area contributed by atoms with Gasteiger partial charge in [-0.05, 0) is 30.7 Å². The van der Waals surface area contributed by atoms with Crippen molar-refractivity contribution in [1.82, 2.24) is 0 Å². The first kappa shape index (κ1) is 14.8. The maximum absolute atomic E-state index is 12.4. The van der Waals surface area contributed by atoms with Gasteiger partial charge in [-0.2, -0.15) is 13.2 Å². The Balaban J connectivity index is 2.88. The standard InChI is InChI=1S/C12H15F3N2S/c1-2-7-17(8-12(13,14)15)10-5-3-9(4-6-10)11(16)18/h3-6H,2,7-8H2,1H3,(H2,16,18). The Labute approximate surface area is 110 Å². The summed E-state index contributed by atoms with van der Waals surface area (Å²) in [5.74, 6) is 0. The number of nitrogens with two attached hydrogens (primary N) is 1. The predicted octanol–water partition coefficient (Wildman–Crippen LogP) is 3.10. The van der Waals surface area contributed by atoms with Crippen molar-refractivity contribution in [2.45, 2.75) is 19.5 Å². The van der Waals surface area contributed by atoms with E-state index in [9.17, 15) is 13.2 Å². The minimum Gasteiger partial charge on any atom is -0.389 e. The van der Waals surface area contributed by atoms with Crippen molar-refractivity contribution in [2.24, 2.45) is 5.73 Å². The normalized spacial score (nSPS) is 11.3. The van der Waals surface area contributed by atoms with Crippen molar-refractivity contribution in [2.75, 3.05) is 18.0 Å². The zero-order valence-electron chi connectivity index (χ0n) is 10.00. The Morgan fingerprint density at radius 3 is 2.22 bits per heavy atom. The molecule has 1 aromatic carbocycles. The zero-order chi connectivity index (χ0) is 13.8. The van der Waals surface area contributed by atoms with Crippen LogP contribution in [0.3, 0.4) is 0 Å². The van der Waals surface area contributed by atoms with Crippen molar-refractivity contribution >= 4 is 22.9 Å². The van der Waals surface area contributed by atoms with E-state index in [2.05, 4.69) is 0 Å². The molecule has 0 atom stereocenters. The molecule has 0 fully saturated rings. The number of rotatable bonds is 5. The molecule has 0 aliphatic carbocycles. The average Bonchev–Trinajstić information content (AvgIpc) is 2.27. The van der Waals surface area contributed by atoms with Gasteiger partial charge in [0.05, 0.1) is 0 Å². The van der Waals surface area contributed by atoms with Crippen LogP contribution in [0.1, 0.15) is 18.9 Å². The molecular formula is C12H15F3N2S. The van der Waals surface area contributed by atoms with E-state index >= 15 is 0 Å². The van der Waals surface area contributed by atoms with Crippen molar-refractivity contribution in [1.29, 1.82) is 0 Å². The van der Waals surface area contributed by atoms with Crippen molar-refractivity contribution in [3.63, 3.8) is 0 Å². The number of anilines is 1. The summed E-state index contributed by atoms with van der Waals surface area (Å²) in [7, 11) is 0. The highest BCUT2D eigenvalue weighted by atomic mass is 32.1. The molecule has 0 bridgehead atoms. The highest BCUT2D eigenvalue weighted by Gasteiger charge is 2.30. The molecule has 0 amide bonds. The van der Waals surface area contributed by atoms with Crippen LogP contribution >= 0.6 is 12.2 Å². The minimum absolute atomic E-state index is 0.236. The largest absolute Gasteiger partial charge is 0.405 e. The third-order valence-electron chi connectivity index (χ3n) is 2.38. The smallest absolute Gasteiger partial charge is 0.389 e. The van der Waals surface area contributed by atoms with Gasteiger partial charge in [0.2, 0.25) is 0 Å². The van der Waals surface area contributed by atoms with Gasteiger partial charge in [0.15, 0.2) is 0 Å². The maximum atomic E-state index is 12.4. The van der Waals surface area contributed by atoms with Crippen molar-refractivity contribution in [3.05, 3.63) is 29.8 Å². The fourth-order valence-electron chi connectivity index (χ4n) is 1.62. The number of hydrogen-bond donors (Lipinski definition) is 1. The van der Waals surface area contributed by atoms with Crippen LogP contribution in [0.25, 0.3) is 0 Å². The van der Waals surface area contributed by atoms with E-state index < -0.39 is 12.7 Å². The number of thiocarbonyl (C=S) groups is 1. The molecule has 0 spiro atoms. The number of benzene rings is 1. The summed E-state index contributed by atoms with van der Waals surface area (Å²) in [6.45, 7) is 1.24. The van der Waals surface area contributed by atoms with Crippen LogP contribution in [0.4, 0.5) is 18.9 Å². The first-order valence-electron chi connectivity index (χ1n) is 5.55. The maximum Gasteiger partial charge on any atom is 0.405 e. The fraction of sp³-hybridized carbons (Fsp3) is 0.417. The van der Waals surface area contributed by atoms with Crippen molar-refractivity contribution < 1.29 is 13.2 Å². The summed E-state index contributed by atoms with van der Waals surface area (Å²) in [6.07, 6.45) is -3.57. The lowest BCUT2D eigenvalue weighted by Gasteiger charge is -2.25. The van der Waals surface area contributed by atoms with Crippen LogP contribution in [-0.2, 0) is 0 Å². The third-order valence-corrected chi connectivity index (χ3v) is 2.62. The molecule has 0 saturated carbocycles. The summed E-state index contributed by atoms with van der Waals surface area (Å²) in [4.78, 5) is 1.53. The molecule has 0 aliphatic heterocycles. The topological polar surface area (TPSA) is 29.3 Å². The van der Waals surface area contributed by atoms with Gasteiger partial charge in [-0.15, -0.1) is 0 Å². The van der Waals surface area contributed by atoms with Gasteiger partial charge in [0.25, 0.3) is 0 Å². The lowest BCUT2D eigenvalue weighted by Crippen LogP contribution is -2.34. The quantitative estimate of drug-likeness (QED) is 0.838. The monoisotopic (exact) mass is 276 g/mol. The van der Waals surface area contributed by atoms with Crippen LogP contribution in [0.2, 0.25) is 0 Å². The highest BCUT2D eigenvalue weighted by Crippen LogP contribution is 2.22. The molecule has 0 unspecified atom stereocenters. The van der Waals surface area contributed by atoms with E-state index in [0.29, 0.717) is 24.2 Å². The Hall–Kier alpha value is -1.30. The Kier molecular flexibility index (Phi) is 4.95. The zero-order valence-corrected chi connectivity index (χ0v) is 10.8. The summed E-state index contributed by atoms with van der Waals surface area (Å²) in [5.41, 5.74) is 6.61. The van der Waals surface area contributed by atoms with Crippen LogP contribution < -0.4 is 10.6 Å². The minimum atomic E-state index is -4.21. The Morgan fingerprint density at radius 1 is 1.28 bits per heavy atom. The summed E-state index contributed by atoms with van der Waals surface area (Å²) in [6, 6.07) is 6.49. The lowest BCUT2D eigenvalue weighted by molar-refractivity contribution is -0.119. The fourth-order valence-corrected chi connectivity index (χ4v) is 1.76. The van der Waals surface area contributed by atoms with Crippen molar-refractivity contribution in [3.8, 4) is 0 Å². The van der Waals surface area contributed by atoms with E-state index in [4.69, 9.17) is 18.0 Å². The SMILES string of the molecule is CCCN(CC(F)(F)F)c1ccc(C(N)=S)cc1. The molecule has 0 heterocycles. The molecule has 100 valence electrons. The molecule has 18 heavy (non-hydrogen) atoms. The molecule has 1 aromatic rings. The molecule has 6 heteroatoms. The Morgan fingerprint density at radius 2 is 1.83 bits per heavy atom. The molecule has 0 aromatic heterocycles. The first-order valence-corrected chi connectivity index (χ1v) is 5.96. The van der Waals surface area contributed by atoms with Crippen LogP contribution in [0.5, 0.6) is 0 Å². The van der Waals surface area contributed by atoms with Gasteiger partial charge < -0.3 is 10.6 Å². The number of alkyl halides is 3. The molecule has 2 nitrogen and oxygen atoms in total. The summed E-state index contributed by atoms with van der Waals surface area (Å²) >= 11 is 4.79. The van der Waals surface area contributed by atoms with E-state index in [1.165, 1.54) is 4.90 Å². The van der Waals surface area contributed by atoms with Gasteiger partial charge in [-0.1, -0.05) is 19.1 Å². The van der Waals surface area contributed by atoms with Gasteiger partial charge in [-0.25, -0.2) is 0 Å². The second-order valence-corrected chi connectivity index (χ2v) is 4.39.